The summed E-state index contributed by atoms with van der Waals surface area (Å²) in [6, 6.07) is 2.67. The molecular weight excluding hydrogens is 174 g/mol. The lowest BCUT2D eigenvalue weighted by molar-refractivity contribution is 0.195. The predicted octanol–water partition coefficient (Wildman–Crippen LogP) is 2.20. The van der Waals surface area contributed by atoms with Gasteiger partial charge < -0.3 is 5.11 Å². The van der Waals surface area contributed by atoms with Gasteiger partial charge in [-0.25, -0.2) is 8.78 Å². The van der Waals surface area contributed by atoms with Gasteiger partial charge in [-0.05, 0) is 37.5 Å². The number of aryl methyl sites for hydroxylation is 1. The van der Waals surface area contributed by atoms with Crippen LogP contribution in [0.5, 0.6) is 0 Å². The van der Waals surface area contributed by atoms with Gasteiger partial charge >= 0.3 is 0 Å². The third kappa shape index (κ3) is 2.49. The molecule has 0 radical (unpaired) electrons. The van der Waals surface area contributed by atoms with Gasteiger partial charge in [0.1, 0.15) is 0 Å². The highest BCUT2D eigenvalue weighted by Crippen LogP contribution is 2.15. The molecule has 0 amide bonds. The zero-order valence-corrected chi connectivity index (χ0v) is 7.64. The molecule has 3 heteroatoms. The topological polar surface area (TPSA) is 20.2 Å². The molecule has 1 atom stereocenters. The van der Waals surface area contributed by atoms with E-state index in [0.29, 0.717) is 12.0 Å². The zero-order chi connectivity index (χ0) is 10.0. The Morgan fingerprint density at radius 1 is 1.38 bits per heavy atom. The standard InChI is InChI=1S/C10H12F2O/c1-6-3-8(4-7(2)13)5-9(11)10(6)12/h3,5,7,13H,4H2,1-2H3. The molecule has 1 N–H and O–H groups in total. The molecule has 0 aliphatic rings. The van der Waals surface area contributed by atoms with Crippen LogP contribution in [0.25, 0.3) is 0 Å². The third-order valence-corrected chi connectivity index (χ3v) is 1.80. The van der Waals surface area contributed by atoms with E-state index in [-0.39, 0.29) is 5.56 Å². The Bertz CT molecular complexity index is 285. The minimum atomic E-state index is -0.851. The van der Waals surface area contributed by atoms with Crippen LogP contribution < -0.4 is 0 Å². The van der Waals surface area contributed by atoms with Crippen LogP contribution in [0.2, 0.25) is 0 Å². The fourth-order valence-corrected chi connectivity index (χ4v) is 1.26. The summed E-state index contributed by atoms with van der Waals surface area (Å²) >= 11 is 0. The van der Waals surface area contributed by atoms with Gasteiger partial charge in [0.15, 0.2) is 11.6 Å². The first-order valence-electron chi connectivity index (χ1n) is 4.13. The summed E-state index contributed by atoms with van der Waals surface area (Å²) in [5.74, 6) is -1.66. The van der Waals surface area contributed by atoms with E-state index in [1.165, 1.54) is 6.92 Å². The summed E-state index contributed by atoms with van der Waals surface area (Å²) < 4.78 is 25.6. The van der Waals surface area contributed by atoms with E-state index in [1.807, 2.05) is 0 Å². The van der Waals surface area contributed by atoms with Crippen LogP contribution in [0.15, 0.2) is 12.1 Å². The quantitative estimate of drug-likeness (QED) is 0.750. The number of hydrogen-bond donors (Lipinski definition) is 1. The Morgan fingerprint density at radius 3 is 2.46 bits per heavy atom. The molecule has 0 saturated heterocycles. The molecule has 0 spiro atoms. The van der Waals surface area contributed by atoms with E-state index in [1.54, 1.807) is 13.0 Å². The minimum absolute atomic E-state index is 0.274. The smallest absolute Gasteiger partial charge is 0.161 e. The van der Waals surface area contributed by atoms with Crippen LogP contribution in [0.1, 0.15) is 18.1 Å². The van der Waals surface area contributed by atoms with Crippen molar-refractivity contribution in [3.05, 3.63) is 34.9 Å². The van der Waals surface area contributed by atoms with Crippen LogP contribution in [0.3, 0.4) is 0 Å². The van der Waals surface area contributed by atoms with Gasteiger partial charge in [-0.2, -0.15) is 0 Å². The maximum Gasteiger partial charge on any atom is 0.161 e. The van der Waals surface area contributed by atoms with Gasteiger partial charge in [0.05, 0.1) is 6.10 Å². The van der Waals surface area contributed by atoms with Crippen molar-refractivity contribution in [2.45, 2.75) is 26.4 Å². The second kappa shape index (κ2) is 3.83. The minimum Gasteiger partial charge on any atom is -0.393 e. The van der Waals surface area contributed by atoms with Crippen molar-refractivity contribution in [2.24, 2.45) is 0 Å². The van der Waals surface area contributed by atoms with Gasteiger partial charge in [-0.15, -0.1) is 0 Å². The predicted molar refractivity (Wildman–Crippen MR) is 46.5 cm³/mol. The first kappa shape index (κ1) is 10.1. The highest BCUT2D eigenvalue weighted by Gasteiger charge is 2.08. The lowest BCUT2D eigenvalue weighted by Gasteiger charge is -2.06. The van der Waals surface area contributed by atoms with Crippen molar-refractivity contribution in [1.29, 1.82) is 0 Å². The Balaban J connectivity index is 2.99. The monoisotopic (exact) mass is 186 g/mol. The van der Waals surface area contributed by atoms with Crippen molar-refractivity contribution < 1.29 is 13.9 Å². The van der Waals surface area contributed by atoms with Crippen LogP contribution in [-0.4, -0.2) is 11.2 Å². The molecule has 1 nitrogen and oxygen atoms in total. The number of benzene rings is 1. The van der Waals surface area contributed by atoms with Crippen molar-refractivity contribution in [3.63, 3.8) is 0 Å². The summed E-state index contributed by atoms with van der Waals surface area (Å²) in [7, 11) is 0. The van der Waals surface area contributed by atoms with Crippen molar-refractivity contribution >= 4 is 0 Å². The van der Waals surface area contributed by atoms with Gasteiger partial charge in [-0.3, -0.25) is 0 Å². The van der Waals surface area contributed by atoms with Crippen molar-refractivity contribution in [3.8, 4) is 0 Å². The number of halogens is 2. The summed E-state index contributed by atoms with van der Waals surface area (Å²) in [6.45, 7) is 3.11. The van der Waals surface area contributed by atoms with Crippen LogP contribution >= 0.6 is 0 Å². The largest absolute Gasteiger partial charge is 0.393 e. The molecule has 13 heavy (non-hydrogen) atoms. The fourth-order valence-electron chi connectivity index (χ4n) is 1.26. The molecule has 0 saturated carbocycles. The number of aliphatic hydroxyl groups excluding tert-OH is 1. The Labute approximate surface area is 76.0 Å². The maximum absolute atomic E-state index is 12.8. The zero-order valence-electron chi connectivity index (χ0n) is 7.64. The lowest BCUT2D eigenvalue weighted by Crippen LogP contribution is -2.05. The van der Waals surface area contributed by atoms with Crippen LogP contribution in [0, 0.1) is 18.6 Å². The molecule has 1 aromatic carbocycles. The van der Waals surface area contributed by atoms with Crippen LogP contribution in [0.4, 0.5) is 8.78 Å². The van der Waals surface area contributed by atoms with E-state index in [2.05, 4.69) is 0 Å². The van der Waals surface area contributed by atoms with Gasteiger partial charge in [0.2, 0.25) is 0 Å². The number of aliphatic hydroxyl groups is 1. The summed E-state index contributed by atoms with van der Waals surface area (Å²) in [5, 5.41) is 9.04. The molecule has 0 aromatic heterocycles. The Kier molecular flexibility index (Phi) is 2.98. The molecule has 0 aliphatic carbocycles. The molecule has 72 valence electrons. The van der Waals surface area contributed by atoms with E-state index in [4.69, 9.17) is 5.11 Å². The van der Waals surface area contributed by atoms with Crippen molar-refractivity contribution in [2.75, 3.05) is 0 Å². The van der Waals surface area contributed by atoms with E-state index in [9.17, 15) is 8.78 Å². The van der Waals surface area contributed by atoms with Crippen molar-refractivity contribution in [1.82, 2.24) is 0 Å². The molecule has 0 fully saturated rings. The summed E-state index contributed by atoms with van der Waals surface area (Å²) in [4.78, 5) is 0. The van der Waals surface area contributed by atoms with E-state index in [0.717, 1.165) is 6.07 Å². The SMILES string of the molecule is Cc1cc(CC(C)O)cc(F)c1F. The highest BCUT2D eigenvalue weighted by molar-refractivity contribution is 5.25. The van der Waals surface area contributed by atoms with Gasteiger partial charge in [0.25, 0.3) is 0 Å². The van der Waals surface area contributed by atoms with E-state index < -0.39 is 17.7 Å². The molecule has 0 heterocycles. The molecule has 0 bridgehead atoms. The lowest BCUT2D eigenvalue weighted by atomic mass is 10.1. The van der Waals surface area contributed by atoms with Crippen LogP contribution in [-0.2, 0) is 6.42 Å². The third-order valence-electron chi connectivity index (χ3n) is 1.80. The molecule has 1 aromatic rings. The molecular formula is C10H12F2O. The second-order valence-electron chi connectivity index (χ2n) is 3.26. The maximum atomic E-state index is 12.8. The average Bonchev–Trinajstić information content (AvgIpc) is 1.98. The highest BCUT2D eigenvalue weighted by atomic mass is 19.2. The Hall–Kier alpha value is -0.960. The second-order valence-corrected chi connectivity index (χ2v) is 3.26. The van der Waals surface area contributed by atoms with Gasteiger partial charge in [-0.1, -0.05) is 6.07 Å². The molecule has 1 rings (SSSR count). The summed E-state index contributed by atoms with van der Waals surface area (Å²) in [6.07, 6.45) is -0.192. The average molecular weight is 186 g/mol. The Morgan fingerprint density at radius 2 is 2.00 bits per heavy atom. The fraction of sp³-hybridized carbons (Fsp3) is 0.400. The normalized spacial score (nSPS) is 13.0. The number of rotatable bonds is 2. The first-order valence-corrected chi connectivity index (χ1v) is 4.13. The van der Waals surface area contributed by atoms with E-state index >= 15 is 0 Å². The number of hydrogen-bond acceptors (Lipinski definition) is 1. The first-order chi connectivity index (χ1) is 6.00. The molecule has 1 unspecified atom stereocenters. The summed E-state index contributed by atoms with van der Waals surface area (Å²) in [5.41, 5.74) is 0.891. The molecule has 0 aliphatic heterocycles. The van der Waals surface area contributed by atoms with Gasteiger partial charge in [0, 0.05) is 0 Å².